The number of hydrogen-bond acceptors (Lipinski definition) is 5. The van der Waals surface area contributed by atoms with Crippen molar-refractivity contribution in [3.63, 3.8) is 0 Å². The summed E-state index contributed by atoms with van der Waals surface area (Å²) < 4.78 is 53.6. The lowest BCUT2D eigenvalue weighted by Gasteiger charge is -2.09. The highest BCUT2D eigenvalue weighted by Crippen LogP contribution is 2.40. The van der Waals surface area contributed by atoms with Crippen molar-refractivity contribution in [2.45, 2.75) is 0 Å². The van der Waals surface area contributed by atoms with Crippen LogP contribution in [0.4, 0.5) is 0 Å². The molecule has 0 atom stereocenters. The zero-order valence-corrected chi connectivity index (χ0v) is 27.5. The Bertz CT molecular complexity index is 3380. The molecule has 11 rings (SSSR count). The first kappa shape index (κ1) is 23.7. The number of aromatic nitrogens is 4. The Balaban J connectivity index is 1.14. The maximum atomic E-state index is 8.79. The number of benzene rings is 7. The molecule has 0 aliphatic heterocycles. The lowest BCUT2D eigenvalue weighted by Crippen LogP contribution is -2.00. The Morgan fingerprint density at radius 3 is 1.98 bits per heavy atom. The Kier molecular flexibility index (Phi) is 5.08. The Hall–Kier alpha value is -6.63. The predicted molar refractivity (Wildman–Crippen MR) is 211 cm³/mol. The maximum Gasteiger partial charge on any atom is 0.167 e. The van der Waals surface area contributed by atoms with Gasteiger partial charge in [-0.2, -0.15) is 0 Å². The summed E-state index contributed by atoms with van der Waals surface area (Å²) in [6.45, 7) is 0. The van der Waals surface area contributed by atoms with E-state index in [1.165, 1.54) is 10.8 Å². The van der Waals surface area contributed by atoms with Crippen LogP contribution in [0.3, 0.4) is 0 Å². The number of para-hydroxylation sites is 3. The molecule has 0 radical (unpaired) electrons. The lowest BCUT2D eigenvalue weighted by molar-refractivity contribution is 0.669. The predicted octanol–water partition coefficient (Wildman–Crippen LogP) is 12.2. The molecule has 4 heterocycles. The molecule has 0 bridgehead atoms. The molecule has 0 fully saturated rings. The van der Waals surface area contributed by atoms with Gasteiger partial charge in [0, 0.05) is 58.5 Å². The van der Waals surface area contributed by atoms with Crippen LogP contribution in [0.25, 0.3) is 104 Å². The van der Waals surface area contributed by atoms with E-state index in [1.807, 2.05) is 54.6 Å². The van der Waals surface area contributed by atoms with Crippen LogP contribution >= 0.6 is 11.3 Å². The summed E-state index contributed by atoms with van der Waals surface area (Å²) in [5.74, 6) is 0.527. The minimum absolute atomic E-state index is 0.0276. The Morgan fingerprint density at radius 1 is 0.510 bits per heavy atom. The fraction of sp³-hybridized carbons (Fsp3) is 0. The van der Waals surface area contributed by atoms with Crippen LogP contribution in [0.15, 0.2) is 162 Å². The topological polar surface area (TPSA) is 56.7 Å². The van der Waals surface area contributed by atoms with Gasteiger partial charge in [0.2, 0.25) is 0 Å². The molecule has 238 valence electrons. The molecule has 7 aromatic carbocycles. The zero-order chi connectivity index (χ0) is 37.8. The van der Waals surface area contributed by atoms with Crippen LogP contribution < -0.4 is 0 Å². The van der Waals surface area contributed by atoms with Crippen molar-refractivity contribution in [3.05, 3.63) is 158 Å². The Morgan fingerprint density at radius 2 is 1.18 bits per heavy atom. The highest BCUT2D eigenvalue weighted by Gasteiger charge is 2.19. The molecule has 5 nitrogen and oxygen atoms in total. The van der Waals surface area contributed by atoms with E-state index < -0.39 is 30.2 Å². The SMILES string of the molecule is [2H]c1c([2H])c([2H])c(-c2nc(-c3ccc4c(c3)sc3ccccc34)nc(-c3cccc4c3oc3ccc(-n5c6ccccc6c6ccccc65)cc34)n2)c([2H])c1[2H]. The van der Waals surface area contributed by atoms with Gasteiger partial charge in [0.05, 0.1) is 23.5 Å². The van der Waals surface area contributed by atoms with Gasteiger partial charge in [-0.3, -0.25) is 0 Å². The summed E-state index contributed by atoms with van der Waals surface area (Å²) in [6, 6.07) is 40.9. The van der Waals surface area contributed by atoms with Crippen LogP contribution in [0, 0.1) is 0 Å². The number of thiophene rings is 1. The molecule has 6 heteroatoms. The number of furan rings is 1. The Labute approximate surface area is 302 Å². The van der Waals surface area contributed by atoms with E-state index >= 15 is 0 Å². The molecule has 0 saturated heterocycles. The summed E-state index contributed by atoms with van der Waals surface area (Å²) in [5.41, 5.74) is 5.63. The van der Waals surface area contributed by atoms with E-state index in [0.29, 0.717) is 28.1 Å². The smallest absolute Gasteiger partial charge is 0.167 e. The average molecular weight is 676 g/mol. The number of rotatable bonds is 4. The van der Waals surface area contributed by atoms with Gasteiger partial charge in [0.1, 0.15) is 11.2 Å². The molecule has 0 N–H and O–H groups in total. The summed E-state index contributed by atoms with van der Waals surface area (Å²) in [5, 5.41) is 6.40. The molecule has 0 saturated carbocycles. The van der Waals surface area contributed by atoms with E-state index in [0.717, 1.165) is 47.7 Å². The third-order valence-electron chi connectivity index (χ3n) is 9.56. The first-order chi connectivity index (χ1) is 27.3. The van der Waals surface area contributed by atoms with Crippen molar-refractivity contribution in [2.24, 2.45) is 0 Å². The minimum Gasteiger partial charge on any atom is -0.455 e. The van der Waals surface area contributed by atoms with Crippen molar-refractivity contribution < 1.29 is 11.3 Å². The van der Waals surface area contributed by atoms with Crippen LogP contribution in [-0.4, -0.2) is 19.5 Å². The van der Waals surface area contributed by atoms with Gasteiger partial charge in [-0.15, -0.1) is 11.3 Å². The minimum atomic E-state index is -0.485. The van der Waals surface area contributed by atoms with Gasteiger partial charge in [-0.05, 0) is 48.5 Å². The van der Waals surface area contributed by atoms with Crippen molar-refractivity contribution in [2.75, 3.05) is 0 Å². The normalized spacial score (nSPS) is 13.3. The summed E-state index contributed by atoms with van der Waals surface area (Å²) in [7, 11) is 0. The molecule has 0 aliphatic rings. The molecular formula is C45H26N4OS. The first-order valence-electron chi connectivity index (χ1n) is 19.0. The molecule has 0 aliphatic carbocycles. The van der Waals surface area contributed by atoms with E-state index in [9.17, 15) is 0 Å². The lowest BCUT2D eigenvalue weighted by atomic mass is 10.1. The average Bonchev–Trinajstić information content (AvgIpc) is 3.91. The van der Waals surface area contributed by atoms with Gasteiger partial charge in [-0.1, -0.05) is 109 Å². The van der Waals surface area contributed by atoms with Crippen molar-refractivity contribution in [1.82, 2.24) is 19.5 Å². The monoisotopic (exact) mass is 675 g/mol. The first-order valence-corrected chi connectivity index (χ1v) is 17.3. The van der Waals surface area contributed by atoms with Crippen LogP contribution in [0.1, 0.15) is 6.85 Å². The van der Waals surface area contributed by atoms with Gasteiger partial charge in [-0.25, -0.2) is 15.0 Å². The summed E-state index contributed by atoms with van der Waals surface area (Å²) >= 11 is 1.67. The quantitative estimate of drug-likeness (QED) is 0.186. The fourth-order valence-corrected chi connectivity index (χ4v) is 8.41. The molecular weight excluding hydrogens is 645 g/mol. The van der Waals surface area contributed by atoms with Crippen LogP contribution in [-0.2, 0) is 0 Å². The number of nitrogens with zero attached hydrogens (tertiary/aromatic N) is 4. The number of fused-ring (bicyclic) bond motifs is 9. The van der Waals surface area contributed by atoms with E-state index in [4.69, 9.17) is 26.2 Å². The zero-order valence-electron chi connectivity index (χ0n) is 31.7. The summed E-state index contributed by atoms with van der Waals surface area (Å²) in [6.07, 6.45) is 0. The van der Waals surface area contributed by atoms with E-state index in [1.54, 1.807) is 11.3 Å². The van der Waals surface area contributed by atoms with E-state index in [-0.39, 0.29) is 17.2 Å². The molecule has 0 amide bonds. The molecule has 11 aromatic rings. The second kappa shape index (κ2) is 10.9. The van der Waals surface area contributed by atoms with Gasteiger partial charge in [0.15, 0.2) is 17.5 Å². The van der Waals surface area contributed by atoms with Crippen molar-refractivity contribution in [3.8, 4) is 39.9 Å². The van der Waals surface area contributed by atoms with Gasteiger partial charge >= 0.3 is 0 Å². The molecule has 0 spiro atoms. The third-order valence-corrected chi connectivity index (χ3v) is 10.7. The second-order valence-electron chi connectivity index (χ2n) is 12.4. The van der Waals surface area contributed by atoms with Gasteiger partial charge in [0.25, 0.3) is 0 Å². The second-order valence-corrected chi connectivity index (χ2v) is 13.5. The molecule has 0 unspecified atom stereocenters. The fourth-order valence-electron chi connectivity index (χ4n) is 7.27. The summed E-state index contributed by atoms with van der Waals surface area (Å²) in [4.78, 5) is 14.6. The van der Waals surface area contributed by atoms with E-state index in [2.05, 4.69) is 77.4 Å². The third kappa shape index (κ3) is 4.37. The van der Waals surface area contributed by atoms with Crippen molar-refractivity contribution in [1.29, 1.82) is 0 Å². The van der Waals surface area contributed by atoms with Crippen molar-refractivity contribution >= 4 is 75.3 Å². The largest absolute Gasteiger partial charge is 0.455 e. The van der Waals surface area contributed by atoms with Crippen LogP contribution in [0.5, 0.6) is 0 Å². The van der Waals surface area contributed by atoms with Gasteiger partial charge < -0.3 is 8.98 Å². The number of hydrogen-bond donors (Lipinski definition) is 0. The molecule has 4 aromatic heterocycles. The highest BCUT2D eigenvalue weighted by atomic mass is 32.1. The maximum absolute atomic E-state index is 8.79. The van der Waals surface area contributed by atoms with Crippen LogP contribution in [0.2, 0.25) is 0 Å². The standard InChI is InChI=1S/C45H26N4OS/c1-2-11-27(12-3-1)43-46-44(28-21-23-33-32-15-6-9-20-40(32)51-41(33)25-28)48-45(47-43)35-17-10-16-34-36-26-29(22-24-39(36)50-42(34)35)49-37-18-7-4-13-30(37)31-14-5-8-19-38(31)49/h1-26H/i1D,2D,3D,11D,12D. The molecule has 51 heavy (non-hydrogen) atoms. The highest BCUT2D eigenvalue weighted by molar-refractivity contribution is 7.25.